The third-order valence-corrected chi connectivity index (χ3v) is 4.64. The summed E-state index contributed by atoms with van der Waals surface area (Å²) in [6.07, 6.45) is 0. The van der Waals surface area contributed by atoms with E-state index in [1.165, 1.54) is 0 Å². The number of piperazine rings is 1. The van der Waals surface area contributed by atoms with E-state index in [4.69, 9.17) is 0 Å². The summed E-state index contributed by atoms with van der Waals surface area (Å²) in [6.45, 7) is 2.09. The van der Waals surface area contributed by atoms with Crippen LogP contribution in [0.3, 0.4) is 0 Å². The van der Waals surface area contributed by atoms with Crippen molar-refractivity contribution in [3.63, 3.8) is 0 Å². The Balaban J connectivity index is 1.37. The van der Waals surface area contributed by atoms with Crippen molar-refractivity contribution in [2.24, 2.45) is 0 Å². The van der Waals surface area contributed by atoms with Crippen LogP contribution in [0.4, 0.5) is 10.5 Å². The quantitative estimate of drug-likeness (QED) is 0.747. The number of carbonyl (C=O) groups is 2. The third kappa shape index (κ3) is 3.26. The molecule has 1 aliphatic rings. The monoisotopic (exact) mass is 348 g/mol. The molecule has 6 heteroatoms. The van der Waals surface area contributed by atoms with E-state index in [9.17, 15) is 9.59 Å². The van der Waals surface area contributed by atoms with Gasteiger partial charge in [-0.25, -0.2) is 4.79 Å². The number of rotatable bonds is 2. The van der Waals surface area contributed by atoms with Crippen molar-refractivity contribution in [2.45, 2.75) is 0 Å². The molecule has 3 amide bonds. The standard InChI is InChI=1S/C20H20N4O2/c25-19(18-14-15-6-4-5-9-17(15)22-18)23-10-12-24(13-11-23)20(26)21-16-7-2-1-3-8-16/h1-9,14,22H,10-13H2,(H,21,26). The van der Waals surface area contributed by atoms with Crippen LogP contribution in [0.15, 0.2) is 60.7 Å². The fraction of sp³-hybridized carbons (Fsp3) is 0.200. The molecule has 1 saturated heterocycles. The van der Waals surface area contributed by atoms with Crippen LogP contribution >= 0.6 is 0 Å². The fourth-order valence-corrected chi connectivity index (χ4v) is 3.20. The summed E-state index contributed by atoms with van der Waals surface area (Å²) in [7, 11) is 0. The molecule has 4 rings (SSSR count). The predicted molar refractivity (Wildman–Crippen MR) is 101 cm³/mol. The average molecular weight is 348 g/mol. The minimum Gasteiger partial charge on any atom is -0.351 e. The number of H-pyrrole nitrogens is 1. The van der Waals surface area contributed by atoms with Crippen LogP contribution in [-0.4, -0.2) is 52.9 Å². The molecule has 0 radical (unpaired) electrons. The van der Waals surface area contributed by atoms with E-state index in [0.29, 0.717) is 31.9 Å². The van der Waals surface area contributed by atoms with Crippen molar-refractivity contribution in [1.29, 1.82) is 0 Å². The van der Waals surface area contributed by atoms with Crippen LogP contribution in [-0.2, 0) is 0 Å². The van der Waals surface area contributed by atoms with Gasteiger partial charge in [0.05, 0.1) is 0 Å². The number of aromatic amines is 1. The number of carbonyl (C=O) groups excluding carboxylic acids is 2. The minimum atomic E-state index is -0.131. The van der Waals surface area contributed by atoms with Gasteiger partial charge in [-0.2, -0.15) is 0 Å². The Hall–Kier alpha value is -3.28. The van der Waals surface area contributed by atoms with Crippen molar-refractivity contribution in [3.05, 3.63) is 66.4 Å². The molecular formula is C20H20N4O2. The van der Waals surface area contributed by atoms with E-state index >= 15 is 0 Å². The normalized spacial score (nSPS) is 14.5. The maximum Gasteiger partial charge on any atom is 0.321 e. The maximum absolute atomic E-state index is 12.7. The zero-order chi connectivity index (χ0) is 17.9. The van der Waals surface area contributed by atoms with Gasteiger partial charge < -0.3 is 20.1 Å². The number of fused-ring (bicyclic) bond motifs is 1. The molecule has 0 spiro atoms. The van der Waals surface area contributed by atoms with E-state index in [-0.39, 0.29) is 11.9 Å². The molecule has 1 aromatic heterocycles. The lowest BCUT2D eigenvalue weighted by molar-refractivity contribution is 0.0667. The second-order valence-corrected chi connectivity index (χ2v) is 6.35. The SMILES string of the molecule is O=C(Nc1ccccc1)N1CCN(C(=O)c2cc3ccccc3[nH]2)CC1. The van der Waals surface area contributed by atoms with E-state index in [1.807, 2.05) is 60.7 Å². The molecular weight excluding hydrogens is 328 g/mol. The van der Waals surface area contributed by atoms with Gasteiger partial charge in [0.2, 0.25) is 0 Å². The van der Waals surface area contributed by atoms with E-state index in [0.717, 1.165) is 16.6 Å². The number of nitrogens with zero attached hydrogens (tertiary/aromatic N) is 2. The van der Waals surface area contributed by atoms with Crippen LogP contribution in [0.1, 0.15) is 10.5 Å². The van der Waals surface area contributed by atoms with Gasteiger partial charge >= 0.3 is 6.03 Å². The number of hydrogen-bond donors (Lipinski definition) is 2. The summed E-state index contributed by atoms with van der Waals surface area (Å²) < 4.78 is 0. The highest BCUT2D eigenvalue weighted by atomic mass is 16.2. The Labute approximate surface area is 151 Å². The van der Waals surface area contributed by atoms with Crippen molar-refractivity contribution in [3.8, 4) is 0 Å². The van der Waals surface area contributed by atoms with E-state index < -0.39 is 0 Å². The molecule has 0 atom stereocenters. The summed E-state index contributed by atoms with van der Waals surface area (Å²) in [6, 6.07) is 19.0. The van der Waals surface area contributed by atoms with Crippen LogP contribution in [0, 0.1) is 0 Å². The Morgan fingerprint density at radius 3 is 2.23 bits per heavy atom. The van der Waals surface area contributed by atoms with Crippen molar-refractivity contribution in [1.82, 2.24) is 14.8 Å². The van der Waals surface area contributed by atoms with Crippen LogP contribution < -0.4 is 5.32 Å². The molecule has 0 aliphatic carbocycles. The Bertz CT molecular complexity index is 894. The van der Waals surface area contributed by atoms with Gasteiger partial charge in [0.1, 0.15) is 5.69 Å². The van der Waals surface area contributed by atoms with Crippen molar-refractivity contribution < 1.29 is 9.59 Å². The highest BCUT2D eigenvalue weighted by Crippen LogP contribution is 2.17. The average Bonchev–Trinajstić information content (AvgIpc) is 3.12. The molecule has 26 heavy (non-hydrogen) atoms. The van der Waals surface area contributed by atoms with E-state index in [1.54, 1.807) is 9.80 Å². The van der Waals surface area contributed by atoms with Gasteiger partial charge in [-0.15, -0.1) is 0 Å². The molecule has 6 nitrogen and oxygen atoms in total. The molecule has 0 unspecified atom stereocenters. The molecule has 2 heterocycles. The molecule has 1 aliphatic heterocycles. The molecule has 1 fully saturated rings. The molecule has 3 aromatic rings. The van der Waals surface area contributed by atoms with Crippen LogP contribution in [0.2, 0.25) is 0 Å². The first kappa shape index (κ1) is 16.2. The lowest BCUT2D eigenvalue weighted by Crippen LogP contribution is -2.51. The van der Waals surface area contributed by atoms with Gasteiger partial charge in [-0.05, 0) is 24.3 Å². The second kappa shape index (κ2) is 6.92. The predicted octanol–water partition coefficient (Wildman–Crippen LogP) is 3.16. The first-order chi connectivity index (χ1) is 12.7. The van der Waals surface area contributed by atoms with E-state index in [2.05, 4.69) is 10.3 Å². The first-order valence-electron chi connectivity index (χ1n) is 8.69. The first-order valence-corrected chi connectivity index (χ1v) is 8.69. The smallest absolute Gasteiger partial charge is 0.321 e. The van der Waals surface area contributed by atoms with Crippen LogP contribution in [0.5, 0.6) is 0 Å². The topological polar surface area (TPSA) is 68.4 Å². The molecule has 0 bridgehead atoms. The molecule has 132 valence electrons. The number of nitrogens with one attached hydrogen (secondary N) is 2. The maximum atomic E-state index is 12.7. The zero-order valence-corrected chi connectivity index (χ0v) is 14.3. The van der Waals surface area contributed by atoms with Gasteiger partial charge in [0.25, 0.3) is 5.91 Å². The zero-order valence-electron chi connectivity index (χ0n) is 14.3. The largest absolute Gasteiger partial charge is 0.351 e. The van der Waals surface area contributed by atoms with Crippen molar-refractivity contribution in [2.75, 3.05) is 31.5 Å². The lowest BCUT2D eigenvalue weighted by Gasteiger charge is -2.34. The lowest BCUT2D eigenvalue weighted by atomic mass is 10.2. The summed E-state index contributed by atoms with van der Waals surface area (Å²) in [5.74, 6) is -0.0238. The van der Waals surface area contributed by atoms with Crippen LogP contribution in [0.25, 0.3) is 10.9 Å². The van der Waals surface area contributed by atoms with Gasteiger partial charge in [-0.3, -0.25) is 4.79 Å². The Morgan fingerprint density at radius 2 is 1.50 bits per heavy atom. The molecule has 2 aromatic carbocycles. The number of amides is 3. The fourth-order valence-electron chi connectivity index (χ4n) is 3.20. The third-order valence-electron chi connectivity index (χ3n) is 4.64. The summed E-state index contributed by atoms with van der Waals surface area (Å²) >= 11 is 0. The number of hydrogen-bond acceptors (Lipinski definition) is 2. The minimum absolute atomic E-state index is 0.0238. The second-order valence-electron chi connectivity index (χ2n) is 6.35. The summed E-state index contributed by atoms with van der Waals surface area (Å²) in [5.41, 5.74) is 2.32. The van der Waals surface area contributed by atoms with Crippen molar-refractivity contribution >= 4 is 28.5 Å². The highest BCUT2D eigenvalue weighted by Gasteiger charge is 2.25. The number of para-hydroxylation sites is 2. The summed E-state index contributed by atoms with van der Waals surface area (Å²) in [4.78, 5) is 31.8. The number of benzene rings is 2. The number of anilines is 1. The van der Waals surface area contributed by atoms with Gasteiger partial charge in [0, 0.05) is 42.8 Å². The highest BCUT2D eigenvalue weighted by molar-refractivity contribution is 5.98. The molecule has 2 N–H and O–H groups in total. The molecule has 0 saturated carbocycles. The number of aromatic nitrogens is 1. The van der Waals surface area contributed by atoms with Gasteiger partial charge in [-0.1, -0.05) is 36.4 Å². The number of urea groups is 1. The Morgan fingerprint density at radius 1 is 0.846 bits per heavy atom. The van der Waals surface area contributed by atoms with Gasteiger partial charge in [0.15, 0.2) is 0 Å². The summed E-state index contributed by atoms with van der Waals surface area (Å²) in [5, 5.41) is 3.91. The Kier molecular flexibility index (Phi) is 4.31.